The lowest BCUT2D eigenvalue weighted by Gasteiger charge is -2.25. The van der Waals surface area contributed by atoms with Crippen LogP contribution in [0.5, 0.6) is 0 Å². The molecule has 0 aromatic carbocycles. The third-order valence-electron chi connectivity index (χ3n) is 1.77. The molecule has 0 atom stereocenters. The summed E-state index contributed by atoms with van der Waals surface area (Å²) in [5, 5.41) is 9.06. The molecule has 2 aliphatic heterocycles. The number of hydrazone groups is 1. The second-order valence-corrected chi connectivity index (χ2v) is 2.60. The van der Waals surface area contributed by atoms with Crippen molar-refractivity contribution in [1.29, 1.82) is 0 Å². The molecule has 2 rings (SSSR count). The largest absolute Gasteiger partial charge is 0.315 e. The predicted octanol–water partition coefficient (Wildman–Crippen LogP) is -1.53. The normalized spacial score (nSPS) is 25.7. The van der Waals surface area contributed by atoms with Crippen LogP contribution in [0.15, 0.2) is 5.10 Å². The van der Waals surface area contributed by atoms with E-state index in [0.29, 0.717) is 5.92 Å². The fraction of sp³-hybridized carbons (Fsp3) is 0.800. The summed E-state index contributed by atoms with van der Waals surface area (Å²) in [7, 11) is 1.87. The molecule has 2 aliphatic rings. The van der Waals surface area contributed by atoms with Gasteiger partial charge in [-0.25, -0.2) is 5.12 Å². The second-order valence-electron chi connectivity index (χ2n) is 2.60. The van der Waals surface area contributed by atoms with Crippen LogP contribution in [0.4, 0.5) is 0 Å². The van der Waals surface area contributed by atoms with Gasteiger partial charge >= 0.3 is 0 Å². The first-order valence-corrected chi connectivity index (χ1v) is 3.41. The van der Waals surface area contributed by atoms with E-state index in [1.807, 2.05) is 7.05 Å². The van der Waals surface area contributed by atoms with Gasteiger partial charge in [0.25, 0.3) is 0 Å². The van der Waals surface area contributed by atoms with Gasteiger partial charge in [-0.15, -0.1) is 10.6 Å². The molecular formula is C5H11N5. The quantitative estimate of drug-likeness (QED) is 0.415. The van der Waals surface area contributed by atoms with E-state index >= 15 is 0 Å². The Balaban J connectivity index is 1.97. The van der Waals surface area contributed by atoms with Crippen LogP contribution >= 0.6 is 0 Å². The van der Waals surface area contributed by atoms with Crippen molar-refractivity contribution in [3.63, 3.8) is 0 Å². The standard InChI is InChI=1S/C5H11N5/c1-10-8-5(7-9-10)4-2-6-3-4/h4,6,9H,2-3H2,1H3,(H,7,8). The van der Waals surface area contributed by atoms with Gasteiger partial charge in [0, 0.05) is 26.1 Å². The van der Waals surface area contributed by atoms with Gasteiger partial charge < -0.3 is 5.32 Å². The second kappa shape index (κ2) is 2.10. The Kier molecular flexibility index (Phi) is 1.25. The highest BCUT2D eigenvalue weighted by molar-refractivity contribution is 5.85. The summed E-state index contributed by atoms with van der Waals surface area (Å²) in [6.07, 6.45) is 0. The minimum absolute atomic E-state index is 0.581. The van der Waals surface area contributed by atoms with Gasteiger partial charge in [-0.2, -0.15) is 0 Å². The Morgan fingerprint density at radius 3 is 2.80 bits per heavy atom. The number of hydrogen-bond acceptors (Lipinski definition) is 5. The van der Waals surface area contributed by atoms with Crippen molar-refractivity contribution in [2.75, 3.05) is 20.1 Å². The molecule has 0 aliphatic carbocycles. The Morgan fingerprint density at radius 2 is 2.40 bits per heavy atom. The third-order valence-corrected chi connectivity index (χ3v) is 1.77. The molecule has 2 heterocycles. The van der Waals surface area contributed by atoms with Crippen LogP contribution in [0.2, 0.25) is 0 Å². The summed E-state index contributed by atoms with van der Waals surface area (Å²) >= 11 is 0. The predicted molar refractivity (Wildman–Crippen MR) is 37.8 cm³/mol. The fourth-order valence-corrected chi connectivity index (χ4v) is 1.02. The van der Waals surface area contributed by atoms with Crippen LogP contribution in [0.25, 0.3) is 0 Å². The number of amidine groups is 1. The molecule has 1 fully saturated rings. The number of rotatable bonds is 1. The lowest BCUT2D eigenvalue weighted by Crippen LogP contribution is -2.51. The summed E-state index contributed by atoms with van der Waals surface area (Å²) in [5.74, 6) is 1.62. The van der Waals surface area contributed by atoms with Crippen LogP contribution in [-0.2, 0) is 0 Å². The van der Waals surface area contributed by atoms with Crippen LogP contribution in [0.3, 0.4) is 0 Å². The lowest BCUT2D eigenvalue weighted by atomic mass is 10.0. The van der Waals surface area contributed by atoms with E-state index in [0.717, 1.165) is 18.9 Å². The monoisotopic (exact) mass is 141 g/mol. The van der Waals surface area contributed by atoms with Crippen LogP contribution in [0, 0.1) is 5.92 Å². The molecule has 10 heavy (non-hydrogen) atoms. The lowest BCUT2D eigenvalue weighted by molar-refractivity contribution is 0.259. The van der Waals surface area contributed by atoms with Crippen LogP contribution in [0.1, 0.15) is 0 Å². The van der Waals surface area contributed by atoms with Gasteiger partial charge in [0.05, 0.1) is 0 Å². The summed E-state index contributed by atoms with van der Waals surface area (Å²) in [6, 6.07) is 0. The fourth-order valence-electron chi connectivity index (χ4n) is 1.02. The van der Waals surface area contributed by atoms with E-state index in [-0.39, 0.29) is 0 Å². The minimum atomic E-state index is 0.581. The molecule has 0 aromatic heterocycles. The molecule has 0 amide bonds. The molecule has 5 nitrogen and oxygen atoms in total. The molecule has 3 N–H and O–H groups in total. The van der Waals surface area contributed by atoms with E-state index in [4.69, 9.17) is 0 Å². The maximum atomic E-state index is 4.20. The summed E-state index contributed by atoms with van der Waals surface area (Å²) in [5.41, 5.74) is 5.86. The van der Waals surface area contributed by atoms with Gasteiger partial charge in [-0.05, 0) is 0 Å². The summed E-state index contributed by atoms with van der Waals surface area (Å²) in [4.78, 5) is 0. The third kappa shape index (κ3) is 0.833. The first kappa shape index (κ1) is 5.94. The first-order chi connectivity index (χ1) is 4.86. The smallest absolute Gasteiger partial charge is 0.145 e. The zero-order valence-electron chi connectivity index (χ0n) is 5.89. The summed E-state index contributed by atoms with van der Waals surface area (Å²) in [6.45, 7) is 2.09. The van der Waals surface area contributed by atoms with Crippen molar-refractivity contribution in [3.8, 4) is 0 Å². The molecular weight excluding hydrogens is 130 g/mol. The molecule has 5 heteroatoms. The number of nitrogens with zero attached hydrogens (tertiary/aromatic N) is 2. The highest BCUT2D eigenvalue weighted by Gasteiger charge is 2.25. The molecule has 56 valence electrons. The zero-order chi connectivity index (χ0) is 6.97. The number of nitrogens with one attached hydrogen (secondary N) is 3. The maximum absolute atomic E-state index is 4.20. The average molecular weight is 141 g/mol. The zero-order valence-corrected chi connectivity index (χ0v) is 5.89. The molecule has 0 unspecified atom stereocenters. The maximum Gasteiger partial charge on any atom is 0.145 e. The van der Waals surface area contributed by atoms with Gasteiger partial charge in [-0.3, -0.25) is 5.43 Å². The summed E-state index contributed by atoms with van der Waals surface area (Å²) < 4.78 is 0. The Bertz CT molecular complexity index is 161. The highest BCUT2D eigenvalue weighted by Crippen LogP contribution is 2.05. The van der Waals surface area contributed by atoms with Gasteiger partial charge in [0.15, 0.2) is 0 Å². The first-order valence-electron chi connectivity index (χ1n) is 3.41. The SMILES string of the molecule is CN1N=C(C2CNC2)NN1. The van der Waals surface area contributed by atoms with Crippen LogP contribution in [-0.4, -0.2) is 31.1 Å². The Morgan fingerprint density at radius 1 is 1.60 bits per heavy atom. The van der Waals surface area contributed by atoms with Crippen molar-refractivity contribution >= 4 is 5.84 Å². The van der Waals surface area contributed by atoms with Crippen molar-refractivity contribution in [1.82, 2.24) is 21.4 Å². The van der Waals surface area contributed by atoms with Crippen molar-refractivity contribution < 1.29 is 0 Å². The average Bonchev–Trinajstić information content (AvgIpc) is 2.10. The molecule has 0 spiro atoms. The van der Waals surface area contributed by atoms with Gasteiger partial charge in [-0.1, -0.05) is 0 Å². The molecule has 0 bridgehead atoms. The van der Waals surface area contributed by atoms with Crippen LogP contribution < -0.4 is 16.3 Å². The number of hydrazine groups is 2. The molecule has 0 radical (unpaired) electrons. The Hall–Kier alpha value is -0.810. The number of hydrogen-bond donors (Lipinski definition) is 3. The van der Waals surface area contributed by atoms with E-state index < -0.39 is 0 Å². The van der Waals surface area contributed by atoms with Crippen molar-refractivity contribution in [3.05, 3.63) is 0 Å². The van der Waals surface area contributed by atoms with E-state index in [1.54, 1.807) is 5.12 Å². The Labute approximate surface area is 59.4 Å². The van der Waals surface area contributed by atoms with Crippen molar-refractivity contribution in [2.24, 2.45) is 11.0 Å². The van der Waals surface area contributed by atoms with Gasteiger partial charge in [0.2, 0.25) is 0 Å². The van der Waals surface area contributed by atoms with Crippen molar-refractivity contribution in [2.45, 2.75) is 0 Å². The minimum Gasteiger partial charge on any atom is -0.315 e. The van der Waals surface area contributed by atoms with E-state index in [1.165, 1.54) is 0 Å². The van der Waals surface area contributed by atoms with E-state index in [2.05, 4.69) is 21.4 Å². The highest BCUT2D eigenvalue weighted by atomic mass is 15.8. The molecule has 0 aromatic rings. The topological polar surface area (TPSA) is 51.7 Å². The van der Waals surface area contributed by atoms with Gasteiger partial charge in [0.1, 0.15) is 5.84 Å². The molecule has 1 saturated heterocycles. The molecule has 0 saturated carbocycles. The van der Waals surface area contributed by atoms with E-state index in [9.17, 15) is 0 Å².